The monoisotopic (exact) mass is 522 g/mol. The summed E-state index contributed by atoms with van der Waals surface area (Å²) in [6, 6.07) is 12.9. The topological polar surface area (TPSA) is 95.7 Å². The van der Waals surface area contributed by atoms with Crippen LogP contribution < -0.4 is 4.90 Å². The molecule has 0 saturated carbocycles. The van der Waals surface area contributed by atoms with Gasteiger partial charge in [-0.05, 0) is 85.4 Å². The number of rotatable bonds is 5. The fourth-order valence-corrected chi connectivity index (χ4v) is 7.30. The van der Waals surface area contributed by atoms with Crippen LogP contribution in [-0.4, -0.2) is 59.8 Å². The van der Waals surface area contributed by atoms with Crippen molar-refractivity contribution in [1.29, 1.82) is 0 Å². The lowest BCUT2D eigenvalue weighted by Crippen LogP contribution is -2.53. The van der Waals surface area contributed by atoms with Crippen molar-refractivity contribution in [2.75, 3.05) is 31.1 Å². The fourth-order valence-electron chi connectivity index (χ4n) is 5.76. The molecule has 2 saturated heterocycles. The van der Waals surface area contributed by atoms with E-state index in [4.69, 9.17) is 0 Å². The summed E-state index contributed by atoms with van der Waals surface area (Å²) in [5, 5.41) is 14.8. The van der Waals surface area contributed by atoms with Gasteiger partial charge in [-0.1, -0.05) is 6.07 Å². The van der Waals surface area contributed by atoms with E-state index in [1.807, 2.05) is 12.1 Å². The lowest BCUT2D eigenvalue weighted by molar-refractivity contribution is -0.147. The maximum Gasteiger partial charge on any atom is 0.315 e. The maximum atomic E-state index is 13.7. The molecule has 3 aromatic rings. The van der Waals surface area contributed by atoms with E-state index in [-0.39, 0.29) is 30.2 Å². The lowest BCUT2D eigenvalue weighted by Gasteiger charge is -2.43. The highest BCUT2D eigenvalue weighted by Crippen LogP contribution is 2.45. The molecule has 10 heteroatoms. The molecule has 37 heavy (non-hydrogen) atoms. The number of halogens is 1. The molecular formula is C27H27FN4O4S. The van der Waals surface area contributed by atoms with E-state index in [0.29, 0.717) is 23.2 Å². The van der Waals surface area contributed by atoms with Crippen molar-refractivity contribution in [2.24, 2.45) is 5.41 Å². The Labute approximate surface area is 214 Å². The molecule has 1 atom stereocenters. The number of carbonyl (C=O) groups is 1. The van der Waals surface area contributed by atoms with Crippen LogP contribution in [0.15, 0.2) is 65.2 Å². The molecule has 1 aromatic heterocycles. The Morgan fingerprint density at radius 3 is 2.51 bits per heavy atom. The first-order valence-corrected chi connectivity index (χ1v) is 13.8. The van der Waals surface area contributed by atoms with E-state index < -0.39 is 21.4 Å². The van der Waals surface area contributed by atoms with Gasteiger partial charge in [0, 0.05) is 31.9 Å². The zero-order chi connectivity index (χ0) is 25.8. The van der Waals surface area contributed by atoms with Gasteiger partial charge in [0.15, 0.2) is 0 Å². The first kappa shape index (κ1) is 23.9. The summed E-state index contributed by atoms with van der Waals surface area (Å²) in [5.74, 6) is -1.41. The van der Waals surface area contributed by atoms with E-state index in [0.717, 1.165) is 37.3 Å². The smallest absolute Gasteiger partial charge is 0.315 e. The average molecular weight is 523 g/mol. The van der Waals surface area contributed by atoms with Crippen LogP contribution in [0.2, 0.25) is 0 Å². The van der Waals surface area contributed by atoms with Crippen LogP contribution in [0.25, 0.3) is 11.8 Å². The van der Waals surface area contributed by atoms with Gasteiger partial charge >= 0.3 is 5.97 Å². The molecule has 0 spiro atoms. The minimum Gasteiger partial charge on any atom is -0.481 e. The summed E-state index contributed by atoms with van der Waals surface area (Å²) in [4.78, 5) is 15.1. The van der Waals surface area contributed by atoms with E-state index in [1.54, 1.807) is 41.2 Å². The van der Waals surface area contributed by atoms with E-state index >= 15 is 0 Å². The van der Waals surface area contributed by atoms with Crippen LogP contribution in [0.3, 0.4) is 0 Å². The Morgan fingerprint density at radius 2 is 1.78 bits per heavy atom. The van der Waals surface area contributed by atoms with Crippen LogP contribution in [0, 0.1) is 11.2 Å². The Balaban J connectivity index is 1.33. The molecule has 1 N–H and O–H groups in total. The Hall–Kier alpha value is -3.50. The summed E-state index contributed by atoms with van der Waals surface area (Å²) in [6.07, 6.45) is 6.03. The number of sulfonamides is 1. The summed E-state index contributed by atoms with van der Waals surface area (Å²) in [7, 11) is -3.90. The lowest BCUT2D eigenvalue weighted by atomic mass is 9.69. The molecule has 192 valence electrons. The van der Waals surface area contributed by atoms with Crippen LogP contribution in [0.1, 0.15) is 30.5 Å². The summed E-state index contributed by atoms with van der Waals surface area (Å²) in [6.45, 7) is 1.84. The number of fused-ring (bicyclic) bond motifs is 2. The maximum absolute atomic E-state index is 13.7. The second-order valence-corrected chi connectivity index (χ2v) is 11.9. The van der Waals surface area contributed by atoms with Crippen LogP contribution in [-0.2, 0) is 21.2 Å². The quantitative estimate of drug-likeness (QED) is 0.549. The Kier molecular flexibility index (Phi) is 5.68. The molecule has 3 aliphatic rings. The van der Waals surface area contributed by atoms with Crippen molar-refractivity contribution >= 4 is 27.8 Å². The molecule has 3 heterocycles. The molecular weight excluding hydrogens is 495 g/mol. The van der Waals surface area contributed by atoms with Crippen molar-refractivity contribution in [1.82, 2.24) is 14.1 Å². The van der Waals surface area contributed by atoms with E-state index in [2.05, 4.69) is 10.00 Å². The second-order valence-electron chi connectivity index (χ2n) is 9.96. The zero-order valence-corrected chi connectivity index (χ0v) is 21.0. The number of hydrogen-bond acceptors (Lipinski definition) is 5. The van der Waals surface area contributed by atoms with Gasteiger partial charge in [0.05, 0.1) is 22.5 Å². The van der Waals surface area contributed by atoms with Crippen molar-refractivity contribution in [3.8, 4) is 5.69 Å². The molecule has 0 unspecified atom stereocenters. The number of hydrogen-bond donors (Lipinski definition) is 1. The number of anilines is 1. The Bertz CT molecular complexity index is 1510. The summed E-state index contributed by atoms with van der Waals surface area (Å²) in [5.41, 5.74) is 2.30. The third-order valence-corrected chi connectivity index (χ3v) is 9.63. The SMILES string of the molecule is O=C(O)[C@]12Cc3cnn(-c4ccc(F)cc4)c3C=C1CCN(S(=O)(=O)c1cccc(N3CCCC3)c1)C2. The molecule has 6 rings (SSSR count). The number of piperidine rings is 1. The normalized spacial score (nSPS) is 21.9. The first-order chi connectivity index (χ1) is 17.8. The fraction of sp³-hybridized carbons (Fsp3) is 0.333. The summed E-state index contributed by atoms with van der Waals surface area (Å²) < 4.78 is 43.8. The van der Waals surface area contributed by atoms with Crippen molar-refractivity contribution in [3.63, 3.8) is 0 Å². The Morgan fingerprint density at radius 1 is 1.03 bits per heavy atom. The highest BCUT2D eigenvalue weighted by Gasteiger charge is 2.51. The number of carboxylic acid groups (broad SMARTS) is 1. The van der Waals surface area contributed by atoms with Crippen molar-refractivity contribution < 1.29 is 22.7 Å². The molecule has 0 bridgehead atoms. The third-order valence-electron chi connectivity index (χ3n) is 7.79. The summed E-state index contributed by atoms with van der Waals surface area (Å²) >= 11 is 0. The average Bonchev–Trinajstić information content (AvgIpc) is 3.58. The minimum absolute atomic E-state index is 0.129. The minimum atomic E-state index is -3.90. The van der Waals surface area contributed by atoms with Gasteiger partial charge in [0.25, 0.3) is 0 Å². The number of aliphatic carboxylic acids is 1. The van der Waals surface area contributed by atoms with Gasteiger partial charge in [-0.15, -0.1) is 0 Å². The molecule has 1 aliphatic carbocycles. The molecule has 2 aliphatic heterocycles. The van der Waals surface area contributed by atoms with E-state index in [1.165, 1.54) is 16.4 Å². The molecule has 2 fully saturated rings. The van der Waals surface area contributed by atoms with Gasteiger partial charge in [-0.25, -0.2) is 17.5 Å². The highest BCUT2D eigenvalue weighted by molar-refractivity contribution is 7.89. The molecule has 8 nitrogen and oxygen atoms in total. The van der Waals surface area contributed by atoms with Crippen LogP contribution in [0.4, 0.5) is 10.1 Å². The largest absolute Gasteiger partial charge is 0.481 e. The molecule has 2 aromatic carbocycles. The van der Waals surface area contributed by atoms with Gasteiger partial charge < -0.3 is 10.0 Å². The number of aromatic nitrogens is 2. The van der Waals surface area contributed by atoms with E-state index in [9.17, 15) is 22.7 Å². The predicted octanol–water partition coefficient (Wildman–Crippen LogP) is 3.72. The highest BCUT2D eigenvalue weighted by atomic mass is 32.2. The van der Waals surface area contributed by atoms with Gasteiger partial charge in [-0.2, -0.15) is 9.40 Å². The third kappa shape index (κ3) is 3.95. The number of carboxylic acids is 1. The van der Waals surface area contributed by atoms with Gasteiger partial charge in [0.2, 0.25) is 10.0 Å². The van der Waals surface area contributed by atoms with Crippen LogP contribution >= 0.6 is 0 Å². The zero-order valence-electron chi connectivity index (χ0n) is 20.2. The molecule has 0 radical (unpaired) electrons. The predicted molar refractivity (Wildman–Crippen MR) is 137 cm³/mol. The molecule has 0 amide bonds. The van der Waals surface area contributed by atoms with Crippen molar-refractivity contribution in [3.05, 3.63) is 77.4 Å². The number of benzene rings is 2. The number of nitrogens with zero attached hydrogens (tertiary/aromatic N) is 4. The van der Waals surface area contributed by atoms with Crippen molar-refractivity contribution in [2.45, 2.75) is 30.6 Å². The first-order valence-electron chi connectivity index (χ1n) is 12.4. The van der Waals surface area contributed by atoms with Crippen LogP contribution in [0.5, 0.6) is 0 Å². The van der Waals surface area contributed by atoms with Gasteiger partial charge in [-0.3, -0.25) is 4.79 Å². The van der Waals surface area contributed by atoms with Gasteiger partial charge in [0.1, 0.15) is 11.2 Å². The standard InChI is InChI=1S/C27H27FN4O4S/c28-21-6-8-22(9-7-21)32-25-14-20-10-13-31(18-27(20,26(33)34)16-19(25)17-29-32)37(35,36)24-5-3-4-23(15-24)30-11-1-2-12-30/h3-9,14-15,17H,1-2,10-13,16,18H2,(H,33,34)/t27-/m0/s1. The second kappa shape index (κ2) is 8.81.